The molecule has 0 aromatic carbocycles. The van der Waals surface area contributed by atoms with Crippen LogP contribution in [0.25, 0.3) is 0 Å². The van der Waals surface area contributed by atoms with Gasteiger partial charge in [-0.25, -0.2) is 8.42 Å². The lowest BCUT2D eigenvalue weighted by molar-refractivity contribution is 0.212. The summed E-state index contributed by atoms with van der Waals surface area (Å²) in [6.45, 7) is 8.45. The molecule has 11 heteroatoms. The highest BCUT2D eigenvalue weighted by Crippen LogP contribution is 2.27. The van der Waals surface area contributed by atoms with Crippen molar-refractivity contribution in [2.75, 3.05) is 46.3 Å². The topological polar surface area (TPSA) is 94.3 Å². The van der Waals surface area contributed by atoms with E-state index < -0.39 is 10.0 Å². The van der Waals surface area contributed by atoms with Gasteiger partial charge in [0.15, 0.2) is 5.96 Å². The maximum absolute atomic E-state index is 12.6. The second-order valence-corrected chi connectivity index (χ2v) is 9.64. The Balaban J connectivity index is 0.00000300. The van der Waals surface area contributed by atoms with Crippen LogP contribution < -0.4 is 5.32 Å². The van der Waals surface area contributed by atoms with Crippen molar-refractivity contribution in [3.05, 3.63) is 18.0 Å². The van der Waals surface area contributed by atoms with E-state index >= 15 is 0 Å². The molecule has 3 rings (SSSR count). The molecular formula is C18H33IN6O3S. The summed E-state index contributed by atoms with van der Waals surface area (Å²) in [7, 11) is -1.61. The molecule has 0 bridgehead atoms. The summed E-state index contributed by atoms with van der Waals surface area (Å²) >= 11 is 0. The van der Waals surface area contributed by atoms with Gasteiger partial charge in [-0.3, -0.25) is 9.89 Å². The molecule has 0 spiro atoms. The van der Waals surface area contributed by atoms with Crippen LogP contribution in [0.5, 0.6) is 0 Å². The molecular weight excluding hydrogens is 507 g/mol. The van der Waals surface area contributed by atoms with Crippen LogP contribution in [-0.2, 0) is 15.8 Å². The molecule has 2 fully saturated rings. The van der Waals surface area contributed by atoms with Gasteiger partial charge in [0.1, 0.15) is 12.0 Å². The lowest BCUT2D eigenvalue weighted by atomic mass is 10.3. The molecule has 1 aliphatic carbocycles. The van der Waals surface area contributed by atoms with E-state index in [2.05, 4.69) is 39.1 Å². The predicted molar refractivity (Wildman–Crippen MR) is 124 cm³/mol. The summed E-state index contributed by atoms with van der Waals surface area (Å²) in [6, 6.07) is 2.87. The fourth-order valence-corrected chi connectivity index (χ4v) is 5.09. The normalized spacial score (nSPS) is 18.9. The molecule has 2 aliphatic rings. The Morgan fingerprint density at radius 1 is 1.34 bits per heavy atom. The van der Waals surface area contributed by atoms with Crippen molar-refractivity contribution in [3.8, 4) is 0 Å². The summed E-state index contributed by atoms with van der Waals surface area (Å²) in [5.74, 6) is 0.718. The van der Waals surface area contributed by atoms with E-state index in [1.165, 1.54) is 23.4 Å². The number of nitrogens with one attached hydrogen (secondary N) is 1. The molecule has 1 N–H and O–H groups in total. The molecule has 0 atom stereocenters. The van der Waals surface area contributed by atoms with Crippen molar-refractivity contribution in [2.24, 2.45) is 4.99 Å². The molecule has 1 aliphatic heterocycles. The highest BCUT2D eigenvalue weighted by molar-refractivity contribution is 14.0. The van der Waals surface area contributed by atoms with Crippen LogP contribution in [0.3, 0.4) is 0 Å². The van der Waals surface area contributed by atoms with Crippen LogP contribution in [0.1, 0.15) is 32.4 Å². The van der Waals surface area contributed by atoms with E-state index in [1.807, 2.05) is 0 Å². The Labute approximate surface area is 190 Å². The molecule has 1 saturated carbocycles. The van der Waals surface area contributed by atoms with Gasteiger partial charge in [-0.05, 0) is 26.7 Å². The zero-order valence-corrected chi connectivity index (χ0v) is 20.6. The van der Waals surface area contributed by atoms with E-state index in [4.69, 9.17) is 4.52 Å². The van der Waals surface area contributed by atoms with Crippen LogP contribution in [0, 0.1) is 0 Å². The first kappa shape index (κ1) is 24.4. The van der Waals surface area contributed by atoms with Gasteiger partial charge in [-0.15, -0.1) is 24.0 Å². The minimum atomic E-state index is -3.39. The van der Waals surface area contributed by atoms with Gasteiger partial charge in [0.2, 0.25) is 10.0 Å². The average molecular weight is 540 g/mol. The quantitative estimate of drug-likeness (QED) is 0.301. The predicted octanol–water partition coefficient (Wildman–Crippen LogP) is 1.19. The number of hydrogen-bond acceptors (Lipinski definition) is 6. The number of nitrogens with zero attached hydrogens (tertiary/aromatic N) is 5. The van der Waals surface area contributed by atoms with E-state index in [0.29, 0.717) is 37.9 Å². The van der Waals surface area contributed by atoms with Crippen LogP contribution in [0.2, 0.25) is 0 Å². The Bertz CT molecular complexity index is 742. The third kappa shape index (κ3) is 6.79. The van der Waals surface area contributed by atoms with Crippen LogP contribution in [-0.4, -0.2) is 92.0 Å². The number of halogens is 1. The van der Waals surface area contributed by atoms with Crippen LogP contribution in [0.15, 0.2) is 21.8 Å². The van der Waals surface area contributed by atoms with Gasteiger partial charge < -0.3 is 14.7 Å². The van der Waals surface area contributed by atoms with Gasteiger partial charge in [0.25, 0.3) is 0 Å². The number of piperazine rings is 1. The lowest BCUT2D eigenvalue weighted by Gasteiger charge is -2.36. The first-order valence-electron chi connectivity index (χ1n) is 9.99. The number of aromatic nitrogens is 1. The van der Waals surface area contributed by atoms with E-state index in [9.17, 15) is 8.42 Å². The molecule has 0 radical (unpaired) electrons. The molecule has 2 heterocycles. The first-order valence-corrected chi connectivity index (χ1v) is 11.6. The number of rotatable bonds is 8. The molecule has 0 unspecified atom stereocenters. The van der Waals surface area contributed by atoms with Gasteiger partial charge in [0, 0.05) is 64.5 Å². The minimum Gasteiger partial charge on any atom is -0.364 e. The lowest BCUT2D eigenvalue weighted by Crippen LogP contribution is -2.54. The zero-order valence-electron chi connectivity index (χ0n) is 17.5. The Hall–Kier alpha value is -0.920. The fraction of sp³-hybridized carbons (Fsp3) is 0.778. The summed E-state index contributed by atoms with van der Waals surface area (Å²) in [4.78, 5) is 9.04. The number of guanidine groups is 1. The fourth-order valence-electron chi connectivity index (χ4n) is 3.67. The molecule has 9 nitrogen and oxygen atoms in total. The monoisotopic (exact) mass is 540 g/mol. The molecule has 29 heavy (non-hydrogen) atoms. The highest BCUT2D eigenvalue weighted by Gasteiger charge is 2.31. The molecule has 1 aromatic heterocycles. The maximum Gasteiger partial charge on any atom is 0.220 e. The molecule has 1 aromatic rings. The third-order valence-electron chi connectivity index (χ3n) is 5.30. The van der Waals surface area contributed by atoms with Gasteiger partial charge in [0.05, 0.1) is 5.69 Å². The van der Waals surface area contributed by atoms with E-state index in [1.54, 1.807) is 13.1 Å². The highest BCUT2D eigenvalue weighted by atomic mass is 127. The smallest absolute Gasteiger partial charge is 0.220 e. The average Bonchev–Trinajstić information content (AvgIpc) is 3.38. The standard InChI is InChI=1S/C18H32N6O3S.HI/c1-15(2)24(17-4-5-17)8-7-20-18(19-3)22-9-11-23(12-10-22)28(25,26)14-16-6-13-27-21-16;/h6,13,15,17H,4-5,7-12,14H2,1-3H3,(H,19,20);1H. The van der Waals surface area contributed by atoms with E-state index in [-0.39, 0.29) is 29.7 Å². The Morgan fingerprint density at radius 3 is 2.55 bits per heavy atom. The Morgan fingerprint density at radius 2 is 2.03 bits per heavy atom. The van der Waals surface area contributed by atoms with Crippen LogP contribution >= 0.6 is 24.0 Å². The largest absolute Gasteiger partial charge is 0.364 e. The molecule has 166 valence electrons. The van der Waals surface area contributed by atoms with E-state index in [0.717, 1.165) is 25.1 Å². The van der Waals surface area contributed by atoms with Gasteiger partial charge >= 0.3 is 0 Å². The molecule has 1 saturated heterocycles. The number of hydrogen-bond donors (Lipinski definition) is 1. The van der Waals surface area contributed by atoms with Crippen molar-refractivity contribution in [1.29, 1.82) is 0 Å². The summed E-state index contributed by atoms with van der Waals surface area (Å²) in [5.41, 5.74) is 0.435. The molecule has 0 amide bonds. The summed E-state index contributed by atoms with van der Waals surface area (Å²) < 4.78 is 31.4. The Kier molecular flexibility index (Phi) is 9.16. The first-order chi connectivity index (χ1) is 13.4. The van der Waals surface area contributed by atoms with Crippen molar-refractivity contribution >= 4 is 40.0 Å². The second-order valence-electron chi connectivity index (χ2n) is 7.67. The van der Waals surface area contributed by atoms with Crippen molar-refractivity contribution in [3.63, 3.8) is 0 Å². The minimum absolute atomic E-state index is 0. The maximum atomic E-state index is 12.6. The number of sulfonamides is 1. The zero-order chi connectivity index (χ0) is 20.1. The third-order valence-corrected chi connectivity index (χ3v) is 7.11. The van der Waals surface area contributed by atoms with Crippen LogP contribution in [0.4, 0.5) is 0 Å². The SMILES string of the molecule is CN=C(NCCN(C(C)C)C1CC1)N1CCN(S(=O)(=O)Cc2ccon2)CC1.I. The van der Waals surface area contributed by atoms with Crippen molar-refractivity contribution < 1.29 is 12.9 Å². The number of aliphatic imine (C=N–C) groups is 1. The van der Waals surface area contributed by atoms with Gasteiger partial charge in [-0.2, -0.15) is 4.31 Å². The summed E-state index contributed by atoms with van der Waals surface area (Å²) in [5, 5.41) is 7.15. The van der Waals surface area contributed by atoms with Crippen molar-refractivity contribution in [2.45, 2.75) is 44.5 Å². The van der Waals surface area contributed by atoms with Crippen molar-refractivity contribution in [1.82, 2.24) is 24.6 Å². The second kappa shape index (κ2) is 10.9. The summed E-state index contributed by atoms with van der Waals surface area (Å²) in [6.07, 6.45) is 4.00. The van der Waals surface area contributed by atoms with Gasteiger partial charge in [-0.1, -0.05) is 5.16 Å².